The number of ether oxygens (including phenoxy) is 1. The van der Waals surface area contributed by atoms with Crippen molar-refractivity contribution in [3.05, 3.63) is 11.4 Å². The third-order valence-corrected chi connectivity index (χ3v) is 2.55. The molecule has 7 nitrogen and oxygen atoms in total. The highest BCUT2D eigenvalue weighted by Crippen LogP contribution is 2.16. The van der Waals surface area contributed by atoms with E-state index >= 15 is 0 Å². The first-order valence-corrected chi connectivity index (χ1v) is 5.67. The number of carbonyl (C=O) groups is 2. The number of nitrogens with zero attached hydrogens (tertiary/aromatic N) is 2. The Morgan fingerprint density at radius 1 is 1.50 bits per heavy atom. The van der Waals surface area contributed by atoms with Gasteiger partial charge in [-0.3, -0.25) is 14.3 Å². The minimum atomic E-state index is -0.373. The van der Waals surface area contributed by atoms with Crippen molar-refractivity contribution in [3.8, 4) is 0 Å². The highest BCUT2D eigenvalue weighted by atomic mass is 16.5. The number of amides is 1. The second kappa shape index (κ2) is 6.04. The Kier molecular flexibility index (Phi) is 4.70. The van der Waals surface area contributed by atoms with E-state index in [0.29, 0.717) is 23.5 Å². The minimum absolute atomic E-state index is 0.126. The number of nitrogens with one attached hydrogen (secondary N) is 1. The molecule has 7 heteroatoms. The molecule has 0 fully saturated rings. The first-order valence-electron chi connectivity index (χ1n) is 5.67. The summed E-state index contributed by atoms with van der Waals surface area (Å²) in [4.78, 5) is 22.8. The summed E-state index contributed by atoms with van der Waals surface area (Å²) in [6, 6.07) is 0. The summed E-state index contributed by atoms with van der Waals surface area (Å²) in [5, 5.41) is 6.75. The van der Waals surface area contributed by atoms with Crippen molar-refractivity contribution in [3.63, 3.8) is 0 Å². The monoisotopic (exact) mass is 254 g/mol. The van der Waals surface area contributed by atoms with Gasteiger partial charge in [-0.25, -0.2) is 0 Å². The van der Waals surface area contributed by atoms with E-state index in [9.17, 15) is 9.59 Å². The van der Waals surface area contributed by atoms with Gasteiger partial charge in [0.25, 0.3) is 5.91 Å². The lowest BCUT2D eigenvalue weighted by Gasteiger charge is -2.05. The number of nitrogen functional groups attached to an aromatic ring is 1. The van der Waals surface area contributed by atoms with E-state index in [2.05, 4.69) is 15.2 Å². The standard InChI is InChI=1S/C11H18N4O3/c1-4-7-9(12)10(15(2)14-7)11(17)13-6-5-8(16)18-3/h4-6,12H2,1-3H3,(H,13,17). The topological polar surface area (TPSA) is 99.2 Å². The SMILES string of the molecule is CCc1nn(C)c(C(=O)NCCC(=O)OC)c1N. The van der Waals surface area contributed by atoms with Crippen LogP contribution in [0.2, 0.25) is 0 Å². The summed E-state index contributed by atoms with van der Waals surface area (Å²) in [7, 11) is 2.96. The molecule has 0 aliphatic heterocycles. The van der Waals surface area contributed by atoms with Crippen LogP contribution >= 0.6 is 0 Å². The number of methoxy groups -OCH3 is 1. The molecule has 1 aromatic rings. The van der Waals surface area contributed by atoms with Gasteiger partial charge in [-0.2, -0.15) is 5.10 Å². The maximum atomic E-state index is 11.9. The van der Waals surface area contributed by atoms with Crippen molar-refractivity contribution in [1.82, 2.24) is 15.1 Å². The second-order valence-corrected chi connectivity index (χ2v) is 3.77. The van der Waals surface area contributed by atoms with Crippen LogP contribution in [0.25, 0.3) is 0 Å². The first-order chi connectivity index (χ1) is 8.51. The zero-order valence-electron chi connectivity index (χ0n) is 10.8. The molecule has 0 radical (unpaired) electrons. The fourth-order valence-corrected chi connectivity index (χ4v) is 1.59. The first kappa shape index (κ1) is 14.0. The van der Waals surface area contributed by atoms with Crippen molar-refractivity contribution in [2.75, 3.05) is 19.4 Å². The lowest BCUT2D eigenvalue weighted by Crippen LogP contribution is -2.28. The van der Waals surface area contributed by atoms with Crippen LogP contribution in [0.15, 0.2) is 0 Å². The van der Waals surface area contributed by atoms with E-state index < -0.39 is 0 Å². The van der Waals surface area contributed by atoms with Crippen LogP contribution in [0.5, 0.6) is 0 Å². The van der Waals surface area contributed by atoms with Gasteiger partial charge in [-0.1, -0.05) is 6.92 Å². The van der Waals surface area contributed by atoms with Crippen LogP contribution in [0.1, 0.15) is 29.5 Å². The average Bonchev–Trinajstić information content (AvgIpc) is 2.63. The molecule has 0 atom stereocenters. The summed E-state index contributed by atoms with van der Waals surface area (Å²) < 4.78 is 5.92. The van der Waals surface area contributed by atoms with E-state index in [1.807, 2.05) is 6.92 Å². The molecule has 0 saturated carbocycles. The normalized spacial score (nSPS) is 10.2. The van der Waals surface area contributed by atoms with Gasteiger partial charge >= 0.3 is 5.97 Å². The molecule has 0 aromatic carbocycles. The van der Waals surface area contributed by atoms with Gasteiger partial charge < -0.3 is 15.8 Å². The van der Waals surface area contributed by atoms with Gasteiger partial charge in [-0.15, -0.1) is 0 Å². The molecule has 0 aliphatic carbocycles. The van der Waals surface area contributed by atoms with Gasteiger partial charge in [0.15, 0.2) is 0 Å². The maximum absolute atomic E-state index is 11.9. The van der Waals surface area contributed by atoms with Crippen LogP contribution in [0.3, 0.4) is 0 Å². The lowest BCUT2D eigenvalue weighted by molar-refractivity contribution is -0.140. The number of nitrogens with two attached hydrogens (primary N) is 1. The maximum Gasteiger partial charge on any atom is 0.307 e. The van der Waals surface area contributed by atoms with E-state index in [4.69, 9.17) is 5.73 Å². The van der Waals surface area contributed by atoms with Crippen molar-refractivity contribution in [1.29, 1.82) is 0 Å². The molecule has 0 unspecified atom stereocenters. The molecule has 18 heavy (non-hydrogen) atoms. The Balaban J connectivity index is 2.67. The van der Waals surface area contributed by atoms with E-state index in [0.717, 1.165) is 0 Å². The number of hydrogen-bond acceptors (Lipinski definition) is 5. The summed E-state index contributed by atoms with van der Waals surface area (Å²) >= 11 is 0. The Hall–Kier alpha value is -2.05. The van der Waals surface area contributed by atoms with Crippen molar-refractivity contribution >= 4 is 17.6 Å². The Bertz CT molecular complexity index is 453. The average molecular weight is 254 g/mol. The van der Waals surface area contributed by atoms with Crippen LogP contribution in [0.4, 0.5) is 5.69 Å². The third kappa shape index (κ3) is 2.99. The van der Waals surface area contributed by atoms with E-state index in [1.54, 1.807) is 7.05 Å². The predicted octanol–water partition coefficient (Wildman–Crippen LogP) is -0.142. The molecule has 0 saturated heterocycles. The molecule has 1 amide bonds. The third-order valence-electron chi connectivity index (χ3n) is 2.55. The zero-order chi connectivity index (χ0) is 13.7. The highest BCUT2D eigenvalue weighted by molar-refractivity contribution is 5.98. The molecule has 0 bridgehead atoms. The number of aryl methyl sites for hydroxylation is 2. The molecular weight excluding hydrogens is 236 g/mol. The predicted molar refractivity (Wildman–Crippen MR) is 66.0 cm³/mol. The fraction of sp³-hybridized carbons (Fsp3) is 0.545. The van der Waals surface area contributed by atoms with Gasteiger partial charge in [0.1, 0.15) is 5.69 Å². The van der Waals surface area contributed by atoms with E-state index in [-0.39, 0.29) is 24.8 Å². The second-order valence-electron chi connectivity index (χ2n) is 3.77. The highest BCUT2D eigenvalue weighted by Gasteiger charge is 2.18. The van der Waals surface area contributed by atoms with Gasteiger partial charge in [-0.05, 0) is 6.42 Å². The van der Waals surface area contributed by atoms with Crippen LogP contribution in [-0.2, 0) is 23.0 Å². The smallest absolute Gasteiger partial charge is 0.307 e. The number of esters is 1. The fourth-order valence-electron chi connectivity index (χ4n) is 1.59. The number of carbonyl (C=O) groups excluding carboxylic acids is 2. The summed E-state index contributed by atoms with van der Waals surface area (Å²) in [5.74, 6) is -0.714. The molecule has 100 valence electrons. The van der Waals surface area contributed by atoms with E-state index in [1.165, 1.54) is 11.8 Å². The lowest BCUT2D eigenvalue weighted by atomic mass is 10.2. The molecule has 1 rings (SSSR count). The molecule has 3 N–H and O–H groups in total. The molecule has 0 spiro atoms. The van der Waals surface area contributed by atoms with Crippen molar-refractivity contribution in [2.45, 2.75) is 19.8 Å². The number of hydrogen-bond donors (Lipinski definition) is 2. The van der Waals surface area contributed by atoms with Crippen LogP contribution < -0.4 is 11.1 Å². The number of aromatic nitrogens is 2. The van der Waals surface area contributed by atoms with Crippen molar-refractivity contribution in [2.24, 2.45) is 7.05 Å². The number of rotatable bonds is 5. The molecular formula is C11H18N4O3. The Morgan fingerprint density at radius 3 is 2.67 bits per heavy atom. The molecule has 0 aliphatic rings. The van der Waals surface area contributed by atoms with Crippen LogP contribution in [-0.4, -0.2) is 35.3 Å². The van der Waals surface area contributed by atoms with Gasteiger partial charge in [0.2, 0.25) is 0 Å². The molecule has 1 aromatic heterocycles. The molecule has 1 heterocycles. The summed E-state index contributed by atoms with van der Waals surface area (Å²) in [5.41, 5.74) is 7.23. The quantitative estimate of drug-likeness (QED) is 0.712. The zero-order valence-corrected chi connectivity index (χ0v) is 10.8. The largest absolute Gasteiger partial charge is 0.469 e. The summed E-state index contributed by atoms with van der Waals surface area (Å²) in [6.07, 6.45) is 0.787. The summed E-state index contributed by atoms with van der Waals surface area (Å²) in [6.45, 7) is 2.12. The minimum Gasteiger partial charge on any atom is -0.469 e. The van der Waals surface area contributed by atoms with Gasteiger partial charge in [0.05, 0.1) is 24.9 Å². The van der Waals surface area contributed by atoms with Crippen molar-refractivity contribution < 1.29 is 14.3 Å². The van der Waals surface area contributed by atoms with Gasteiger partial charge in [0, 0.05) is 13.6 Å². The van der Waals surface area contributed by atoms with Crippen LogP contribution in [0, 0.1) is 0 Å². The number of anilines is 1. The Labute approximate surface area is 105 Å². The Morgan fingerprint density at radius 2 is 2.17 bits per heavy atom.